The lowest BCUT2D eigenvalue weighted by molar-refractivity contribution is 0.184. The third-order valence-electron chi connectivity index (χ3n) is 3.20. The average Bonchev–Trinajstić information content (AvgIpc) is 3.24. The van der Waals surface area contributed by atoms with Crippen LogP contribution in [0.5, 0.6) is 0 Å². The molecule has 2 amide bonds. The highest BCUT2D eigenvalue weighted by atomic mass is 16.5. The van der Waals surface area contributed by atoms with Gasteiger partial charge in [-0.1, -0.05) is 17.4 Å². The molecule has 0 bridgehead atoms. The number of urea groups is 1. The molecular weight excluding hydrogens is 244 g/mol. The predicted octanol–water partition coefficient (Wildman–Crippen LogP) is 3.12. The van der Waals surface area contributed by atoms with Crippen LogP contribution in [-0.4, -0.2) is 25.2 Å². The van der Waals surface area contributed by atoms with Gasteiger partial charge in [0.05, 0.1) is 6.61 Å². The molecule has 1 aliphatic rings. The third kappa shape index (κ3) is 3.08. The van der Waals surface area contributed by atoms with E-state index in [9.17, 15) is 4.79 Å². The molecule has 1 aromatic rings. The molecule has 6 nitrogen and oxygen atoms in total. The Hall–Kier alpha value is -1.95. The molecule has 19 heavy (non-hydrogen) atoms. The zero-order valence-corrected chi connectivity index (χ0v) is 11.1. The zero-order chi connectivity index (χ0) is 13.8. The van der Waals surface area contributed by atoms with Gasteiger partial charge in [0.1, 0.15) is 0 Å². The van der Waals surface area contributed by atoms with Crippen LogP contribution >= 0.6 is 0 Å². The summed E-state index contributed by atoms with van der Waals surface area (Å²) in [5.74, 6) is 0.584. The Morgan fingerprint density at radius 2 is 2.32 bits per heavy atom. The van der Waals surface area contributed by atoms with Crippen molar-refractivity contribution < 1.29 is 9.53 Å². The van der Waals surface area contributed by atoms with Crippen LogP contribution in [0.1, 0.15) is 29.9 Å². The van der Waals surface area contributed by atoms with Crippen LogP contribution in [0.25, 0.3) is 0 Å². The number of carbonyl (C=O) groups is 1. The molecule has 0 atom stereocenters. The van der Waals surface area contributed by atoms with Crippen molar-refractivity contribution in [1.82, 2.24) is 5.01 Å². The monoisotopic (exact) mass is 262 g/mol. The van der Waals surface area contributed by atoms with Gasteiger partial charge >= 0.3 is 6.03 Å². The second-order valence-electron chi connectivity index (χ2n) is 4.63. The normalized spacial score (nSPS) is 14.0. The van der Waals surface area contributed by atoms with Gasteiger partial charge in [-0.05, 0) is 30.4 Å². The number of benzene rings is 1. The standard InChI is InChI=1S/C13H18N4O2/c1-17(16-14)13(18)15-12-5-3-4-10(9-6-7-9)11(12)8-19-2/h3-5,9,14H,6-8H2,1-2H3,(H,15,18). The van der Waals surface area contributed by atoms with Gasteiger partial charge in [-0.25, -0.2) is 4.79 Å². The lowest BCUT2D eigenvalue weighted by Crippen LogP contribution is -2.26. The van der Waals surface area contributed by atoms with E-state index in [4.69, 9.17) is 10.3 Å². The smallest absolute Gasteiger partial charge is 0.343 e. The first kappa shape index (κ1) is 13.5. The van der Waals surface area contributed by atoms with E-state index < -0.39 is 6.03 Å². The van der Waals surface area contributed by atoms with E-state index in [1.54, 1.807) is 7.11 Å². The van der Waals surface area contributed by atoms with E-state index in [-0.39, 0.29) is 0 Å². The van der Waals surface area contributed by atoms with E-state index in [1.807, 2.05) is 12.1 Å². The number of carbonyl (C=O) groups excluding carboxylic acids is 1. The predicted molar refractivity (Wildman–Crippen MR) is 71.1 cm³/mol. The van der Waals surface area contributed by atoms with E-state index >= 15 is 0 Å². The van der Waals surface area contributed by atoms with E-state index in [0.29, 0.717) is 12.5 Å². The number of methoxy groups -OCH3 is 1. The first-order chi connectivity index (χ1) is 9.17. The summed E-state index contributed by atoms with van der Waals surface area (Å²) >= 11 is 0. The van der Waals surface area contributed by atoms with Crippen LogP contribution in [0.2, 0.25) is 0 Å². The molecule has 0 radical (unpaired) electrons. The van der Waals surface area contributed by atoms with E-state index in [0.717, 1.165) is 16.3 Å². The van der Waals surface area contributed by atoms with Crippen LogP contribution in [0.4, 0.5) is 10.5 Å². The molecule has 1 aliphatic carbocycles. The van der Waals surface area contributed by atoms with Gasteiger partial charge in [-0.2, -0.15) is 10.5 Å². The Balaban J connectivity index is 2.25. The fraction of sp³-hybridized carbons (Fsp3) is 0.462. The minimum atomic E-state index is -0.430. The summed E-state index contributed by atoms with van der Waals surface area (Å²) in [6.45, 7) is 0.462. The van der Waals surface area contributed by atoms with Gasteiger partial charge in [0, 0.05) is 25.4 Å². The second kappa shape index (κ2) is 5.79. The maximum absolute atomic E-state index is 11.8. The van der Waals surface area contributed by atoms with Crippen molar-refractivity contribution in [2.24, 2.45) is 5.22 Å². The van der Waals surface area contributed by atoms with Crippen molar-refractivity contribution in [2.75, 3.05) is 19.5 Å². The molecule has 0 unspecified atom stereocenters. The molecule has 1 fully saturated rings. The van der Waals surface area contributed by atoms with Crippen LogP contribution in [0.3, 0.4) is 0 Å². The molecule has 2 rings (SSSR count). The van der Waals surface area contributed by atoms with Gasteiger partial charge in [-0.15, -0.1) is 0 Å². The summed E-state index contributed by atoms with van der Waals surface area (Å²) in [7, 11) is 3.07. The Morgan fingerprint density at radius 1 is 1.58 bits per heavy atom. The van der Waals surface area contributed by atoms with Gasteiger partial charge in [0.25, 0.3) is 0 Å². The minimum Gasteiger partial charge on any atom is -0.380 e. The summed E-state index contributed by atoms with van der Waals surface area (Å²) in [5, 5.41) is 6.78. The number of hydrogen-bond acceptors (Lipinski definition) is 4. The molecule has 0 heterocycles. The maximum Gasteiger partial charge on any atom is 0.343 e. The van der Waals surface area contributed by atoms with E-state index in [2.05, 4.69) is 16.6 Å². The van der Waals surface area contributed by atoms with Gasteiger partial charge in [-0.3, -0.25) is 0 Å². The van der Waals surface area contributed by atoms with Crippen molar-refractivity contribution >= 4 is 11.7 Å². The summed E-state index contributed by atoms with van der Waals surface area (Å²) in [6.07, 6.45) is 2.38. The average molecular weight is 262 g/mol. The highest BCUT2D eigenvalue weighted by molar-refractivity contribution is 5.90. The van der Waals surface area contributed by atoms with Crippen molar-refractivity contribution in [2.45, 2.75) is 25.4 Å². The van der Waals surface area contributed by atoms with Crippen molar-refractivity contribution in [3.63, 3.8) is 0 Å². The van der Waals surface area contributed by atoms with Crippen molar-refractivity contribution in [3.8, 4) is 0 Å². The summed E-state index contributed by atoms with van der Waals surface area (Å²) in [6, 6.07) is 5.43. The van der Waals surface area contributed by atoms with Gasteiger partial charge in [0.15, 0.2) is 0 Å². The number of hydrogen-bond donors (Lipinski definition) is 2. The summed E-state index contributed by atoms with van der Waals surface area (Å²) < 4.78 is 5.23. The molecule has 2 N–H and O–H groups in total. The number of ether oxygens (including phenoxy) is 1. The third-order valence-corrected chi connectivity index (χ3v) is 3.20. The topological polar surface area (TPSA) is 77.8 Å². The fourth-order valence-electron chi connectivity index (χ4n) is 2.05. The molecule has 0 aliphatic heterocycles. The van der Waals surface area contributed by atoms with Crippen LogP contribution in [-0.2, 0) is 11.3 Å². The van der Waals surface area contributed by atoms with Crippen molar-refractivity contribution in [3.05, 3.63) is 29.3 Å². The van der Waals surface area contributed by atoms with E-state index in [1.165, 1.54) is 25.5 Å². The summed E-state index contributed by atoms with van der Waals surface area (Å²) in [5.41, 5.74) is 9.81. The molecule has 1 saturated carbocycles. The Morgan fingerprint density at radius 3 is 2.89 bits per heavy atom. The Bertz CT molecular complexity index is 486. The zero-order valence-electron chi connectivity index (χ0n) is 11.1. The molecule has 0 aromatic heterocycles. The van der Waals surface area contributed by atoms with Gasteiger partial charge < -0.3 is 10.1 Å². The molecule has 0 spiro atoms. The molecule has 6 heteroatoms. The SMILES string of the molecule is COCc1c(NC(=O)N(C)N=N)cccc1C1CC1. The largest absolute Gasteiger partial charge is 0.380 e. The molecule has 0 saturated heterocycles. The number of amides is 2. The lowest BCUT2D eigenvalue weighted by Gasteiger charge is -2.16. The molecular formula is C13H18N4O2. The number of rotatable bonds is 5. The van der Waals surface area contributed by atoms with Crippen LogP contribution < -0.4 is 5.32 Å². The first-order valence-corrected chi connectivity index (χ1v) is 6.20. The summed E-state index contributed by atoms with van der Waals surface area (Å²) in [4.78, 5) is 11.8. The minimum absolute atomic E-state index is 0.430. The fourth-order valence-corrected chi connectivity index (χ4v) is 2.05. The highest BCUT2D eigenvalue weighted by Gasteiger charge is 2.27. The molecule has 1 aromatic carbocycles. The maximum atomic E-state index is 11.8. The molecule has 102 valence electrons. The lowest BCUT2D eigenvalue weighted by atomic mass is 10.0. The number of nitrogens with zero attached hydrogens (tertiary/aromatic N) is 2. The Labute approximate surface area is 112 Å². The highest BCUT2D eigenvalue weighted by Crippen LogP contribution is 2.43. The first-order valence-electron chi connectivity index (χ1n) is 6.20. The Kier molecular flexibility index (Phi) is 4.11. The van der Waals surface area contributed by atoms with Gasteiger partial charge in [0.2, 0.25) is 0 Å². The number of anilines is 1. The number of nitrogens with one attached hydrogen (secondary N) is 2. The van der Waals surface area contributed by atoms with Crippen LogP contribution in [0.15, 0.2) is 23.4 Å². The van der Waals surface area contributed by atoms with Crippen LogP contribution in [0, 0.1) is 5.53 Å². The quantitative estimate of drug-likeness (QED) is 0.631. The van der Waals surface area contributed by atoms with Crippen molar-refractivity contribution in [1.29, 1.82) is 5.53 Å². The second-order valence-corrected chi connectivity index (χ2v) is 4.63.